The van der Waals surface area contributed by atoms with Gasteiger partial charge in [-0.3, -0.25) is 4.79 Å². The van der Waals surface area contributed by atoms with Crippen LogP contribution in [0.15, 0.2) is 18.2 Å². The summed E-state index contributed by atoms with van der Waals surface area (Å²) in [5, 5.41) is 3.32. The van der Waals surface area contributed by atoms with E-state index in [-0.39, 0.29) is 0 Å². The molecule has 0 unspecified atom stereocenters. The molecule has 1 aromatic rings. The van der Waals surface area contributed by atoms with Gasteiger partial charge in [-0.05, 0) is 61.9 Å². The first-order valence-electron chi connectivity index (χ1n) is 8.26. The highest BCUT2D eigenvalue weighted by atomic mass is 16.5. The molecule has 1 aliphatic carbocycles. The van der Waals surface area contributed by atoms with E-state index in [9.17, 15) is 4.79 Å². The molecule has 1 saturated heterocycles. The van der Waals surface area contributed by atoms with Crippen LogP contribution in [0.3, 0.4) is 0 Å². The van der Waals surface area contributed by atoms with Crippen molar-refractivity contribution in [1.29, 1.82) is 0 Å². The van der Waals surface area contributed by atoms with Gasteiger partial charge in [0.25, 0.3) is 0 Å². The van der Waals surface area contributed by atoms with Gasteiger partial charge in [-0.15, -0.1) is 0 Å². The quantitative estimate of drug-likeness (QED) is 0.873. The maximum absolute atomic E-state index is 12.1. The average molecular weight is 287 g/mol. The molecule has 114 valence electrons. The van der Waals surface area contributed by atoms with Gasteiger partial charge in [0.05, 0.1) is 12.7 Å². The van der Waals surface area contributed by atoms with Gasteiger partial charge in [-0.1, -0.05) is 18.2 Å². The van der Waals surface area contributed by atoms with Crippen molar-refractivity contribution in [2.45, 2.75) is 51.0 Å². The lowest BCUT2D eigenvalue weighted by Crippen LogP contribution is -2.32. The average Bonchev–Trinajstić information content (AvgIpc) is 2.96. The van der Waals surface area contributed by atoms with Crippen molar-refractivity contribution in [3.05, 3.63) is 34.9 Å². The summed E-state index contributed by atoms with van der Waals surface area (Å²) in [6, 6.07) is 6.56. The van der Waals surface area contributed by atoms with Gasteiger partial charge in [0.1, 0.15) is 5.78 Å². The van der Waals surface area contributed by atoms with Gasteiger partial charge < -0.3 is 10.1 Å². The molecule has 2 aliphatic rings. The summed E-state index contributed by atoms with van der Waals surface area (Å²) in [6.45, 7) is 2.65. The molecule has 0 saturated carbocycles. The topological polar surface area (TPSA) is 38.3 Å². The van der Waals surface area contributed by atoms with Crippen LogP contribution in [-0.2, 0) is 28.8 Å². The summed E-state index contributed by atoms with van der Waals surface area (Å²) in [5.41, 5.74) is 4.09. The van der Waals surface area contributed by atoms with Crippen molar-refractivity contribution in [3.63, 3.8) is 0 Å². The molecule has 0 bridgehead atoms. The van der Waals surface area contributed by atoms with Crippen LogP contribution in [0.5, 0.6) is 0 Å². The van der Waals surface area contributed by atoms with Crippen molar-refractivity contribution in [3.8, 4) is 0 Å². The number of fused-ring (bicyclic) bond motifs is 1. The number of nitrogens with one attached hydrogen (secondary N) is 1. The van der Waals surface area contributed by atoms with Crippen molar-refractivity contribution in [2.24, 2.45) is 0 Å². The maximum atomic E-state index is 12.1. The van der Waals surface area contributed by atoms with Crippen molar-refractivity contribution in [1.82, 2.24) is 5.32 Å². The summed E-state index contributed by atoms with van der Waals surface area (Å²) in [5.74, 6) is 0.293. The molecule has 0 radical (unpaired) electrons. The third-order valence-corrected chi connectivity index (χ3v) is 4.58. The van der Waals surface area contributed by atoms with Gasteiger partial charge in [-0.25, -0.2) is 0 Å². The van der Waals surface area contributed by atoms with E-state index in [0.29, 0.717) is 31.3 Å². The number of hydrogen-bond donors (Lipinski definition) is 1. The van der Waals surface area contributed by atoms with E-state index in [1.807, 2.05) is 0 Å². The highest BCUT2D eigenvalue weighted by Crippen LogP contribution is 2.23. The summed E-state index contributed by atoms with van der Waals surface area (Å²) in [6.07, 6.45) is 7.22. The number of benzene rings is 1. The predicted octanol–water partition coefficient (Wildman–Crippen LogP) is 2.45. The standard InChI is InChI=1S/C18H25NO2/c20-17(8-11-21-18-6-9-19-10-7-18)13-14-4-5-15-2-1-3-16(15)12-14/h4-5,12,18-19H,1-3,6-11,13H2. The number of ketones is 1. The lowest BCUT2D eigenvalue weighted by molar-refractivity contribution is -0.120. The van der Waals surface area contributed by atoms with E-state index in [4.69, 9.17) is 4.74 Å². The number of ether oxygens (including phenoxy) is 1. The number of hydrogen-bond acceptors (Lipinski definition) is 3. The van der Waals surface area contributed by atoms with Crippen LogP contribution in [0.25, 0.3) is 0 Å². The Balaban J connectivity index is 1.41. The molecule has 0 amide bonds. The Morgan fingerprint density at radius 2 is 2.00 bits per heavy atom. The molecule has 21 heavy (non-hydrogen) atoms. The van der Waals surface area contributed by atoms with E-state index < -0.39 is 0 Å². The molecular formula is C18H25NO2. The van der Waals surface area contributed by atoms with Gasteiger partial charge in [0.15, 0.2) is 0 Å². The lowest BCUT2D eigenvalue weighted by atomic mass is 10.0. The van der Waals surface area contributed by atoms with Gasteiger partial charge in [0, 0.05) is 12.8 Å². The number of aryl methyl sites for hydroxylation is 2. The fourth-order valence-corrected chi connectivity index (χ4v) is 3.35. The zero-order chi connectivity index (χ0) is 14.5. The van der Waals surface area contributed by atoms with Crippen molar-refractivity contribution >= 4 is 5.78 Å². The van der Waals surface area contributed by atoms with Gasteiger partial charge in [-0.2, -0.15) is 0 Å². The van der Waals surface area contributed by atoms with Gasteiger partial charge in [0.2, 0.25) is 0 Å². The Morgan fingerprint density at radius 3 is 2.86 bits per heavy atom. The van der Waals surface area contributed by atoms with Gasteiger partial charge >= 0.3 is 0 Å². The van der Waals surface area contributed by atoms with Crippen molar-refractivity contribution < 1.29 is 9.53 Å². The van der Waals surface area contributed by atoms with E-state index in [1.54, 1.807) is 0 Å². The van der Waals surface area contributed by atoms with Crippen LogP contribution in [0.1, 0.15) is 42.4 Å². The number of carbonyl (C=O) groups excluding carboxylic acids is 1. The molecule has 3 rings (SSSR count). The molecule has 1 aliphatic heterocycles. The first kappa shape index (κ1) is 14.7. The lowest BCUT2D eigenvalue weighted by Gasteiger charge is -2.22. The Hall–Kier alpha value is -1.19. The molecule has 0 spiro atoms. The number of piperidine rings is 1. The van der Waals surface area contributed by atoms with Crippen LogP contribution < -0.4 is 5.32 Å². The Bertz CT molecular complexity index is 492. The third-order valence-electron chi connectivity index (χ3n) is 4.58. The monoisotopic (exact) mass is 287 g/mol. The SMILES string of the molecule is O=C(CCOC1CCNCC1)Cc1ccc2c(c1)CCC2. The first-order valence-corrected chi connectivity index (χ1v) is 8.26. The minimum atomic E-state index is 0.293. The highest BCUT2D eigenvalue weighted by Gasteiger charge is 2.15. The molecule has 3 heteroatoms. The zero-order valence-electron chi connectivity index (χ0n) is 12.7. The summed E-state index contributed by atoms with van der Waals surface area (Å²) in [4.78, 5) is 12.1. The number of rotatable bonds is 6. The van der Waals surface area contributed by atoms with E-state index in [1.165, 1.54) is 36.0 Å². The fourth-order valence-electron chi connectivity index (χ4n) is 3.35. The summed E-state index contributed by atoms with van der Waals surface area (Å²) in [7, 11) is 0. The second kappa shape index (κ2) is 7.19. The fraction of sp³-hybridized carbons (Fsp3) is 0.611. The van der Waals surface area contributed by atoms with E-state index in [0.717, 1.165) is 25.9 Å². The second-order valence-corrected chi connectivity index (χ2v) is 6.24. The summed E-state index contributed by atoms with van der Waals surface area (Å²) < 4.78 is 5.80. The van der Waals surface area contributed by atoms with Crippen LogP contribution in [-0.4, -0.2) is 31.6 Å². The van der Waals surface area contributed by atoms with Crippen molar-refractivity contribution in [2.75, 3.05) is 19.7 Å². The molecule has 1 aromatic carbocycles. The molecule has 0 aromatic heterocycles. The van der Waals surface area contributed by atoms with Crippen LogP contribution in [0, 0.1) is 0 Å². The summed E-state index contributed by atoms with van der Waals surface area (Å²) >= 11 is 0. The molecule has 1 heterocycles. The van der Waals surface area contributed by atoms with Crippen LogP contribution in [0.4, 0.5) is 0 Å². The second-order valence-electron chi connectivity index (χ2n) is 6.24. The first-order chi connectivity index (χ1) is 10.3. The maximum Gasteiger partial charge on any atom is 0.139 e. The third kappa shape index (κ3) is 4.14. The van der Waals surface area contributed by atoms with Crippen LogP contribution in [0.2, 0.25) is 0 Å². The molecule has 1 fully saturated rings. The Morgan fingerprint density at radius 1 is 1.19 bits per heavy atom. The van der Waals surface area contributed by atoms with E-state index >= 15 is 0 Å². The molecule has 0 atom stereocenters. The van der Waals surface area contributed by atoms with Crippen LogP contribution >= 0.6 is 0 Å². The molecule has 1 N–H and O–H groups in total. The molecule has 3 nitrogen and oxygen atoms in total. The zero-order valence-corrected chi connectivity index (χ0v) is 12.7. The minimum Gasteiger partial charge on any atom is -0.378 e. The predicted molar refractivity (Wildman–Crippen MR) is 83.6 cm³/mol. The number of Topliss-reactive ketones (excluding diaryl/α,β-unsaturated/α-hetero) is 1. The van der Waals surface area contributed by atoms with E-state index in [2.05, 4.69) is 23.5 Å². The highest BCUT2D eigenvalue weighted by molar-refractivity contribution is 5.81. The Labute approximate surface area is 127 Å². The number of carbonyl (C=O) groups is 1. The Kier molecular flexibility index (Phi) is 5.04. The minimum absolute atomic E-state index is 0.293. The largest absolute Gasteiger partial charge is 0.378 e. The molecular weight excluding hydrogens is 262 g/mol. The smallest absolute Gasteiger partial charge is 0.139 e. The normalized spacial score (nSPS) is 18.7.